The van der Waals surface area contributed by atoms with Gasteiger partial charge >= 0.3 is 11.9 Å². The van der Waals surface area contributed by atoms with Gasteiger partial charge < -0.3 is 14.9 Å². The molecule has 0 fully saturated rings. The number of hydrogen-bond donors (Lipinski definition) is 2. The Morgan fingerprint density at radius 3 is 1.40 bits per heavy atom. The lowest BCUT2D eigenvalue weighted by Gasteiger charge is -2.14. The first-order chi connectivity index (χ1) is 16.7. The molecule has 0 atom stereocenters. The van der Waals surface area contributed by atoms with Crippen LogP contribution in [0, 0.1) is 0 Å². The molecule has 2 aromatic carbocycles. The van der Waals surface area contributed by atoms with Crippen LogP contribution >= 0.6 is 0 Å². The summed E-state index contributed by atoms with van der Waals surface area (Å²) in [6.07, 6.45) is 3.05. The Morgan fingerprint density at radius 1 is 0.743 bits per heavy atom. The van der Waals surface area contributed by atoms with Gasteiger partial charge in [0, 0.05) is 11.1 Å². The molecular weight excluding hydrogens is 460 g/mol. The van der Waals surface area contributed by atoms with E-state index < -0.39 is 36.7 Å². The van der Waals surface area contributed by atoms with Gasteiger partial charge in [-0.15, -0.1) is 0 Å². The minimum absolute atomic E-state index is 0.0816. The fraction of sp³-hybridized carbons (Fsp3) is 0.250. The minimum atomic E-state index is -1.38. The first-order valence-electron chi connectivity index (χ1n) is 10.3. The van der Waals surface area contributed by atoms with Gasteiger partial charge in [-0.2, -0.15) is 9.98 Å². The number of hydrogen-bond acceptors (Lipinski definition) is 9. The maximum Gasteiger partial charge on any atom is 0.336 e. The van der Waals surface area contributed by atoms with Gasteiger partial charge in [0.2, 0.25) is 12.2 Å². The third kappa shape index (κ3) is 5.87. The average Bonchev–Trinajstić information content (AvgIpc) is 2.83. The zero-order valence-electron chi connectivity index (χ0n) is 18.8. The monoisotopic (exact) mass is 480 g/mol. The molecule has 2 N–H and O–H groups in total. The summed E-state index contributed by atoms with van der Waals surface area (Å²) >= 11 is 0. The van der Waals surface area contributed by atoms with Crippen molar-refractivity contribution in [2.75, 3.05) is 13.2 Å². The molecule has 11 nitrogen and oxygen atoms in total. The van der Waals surface area contributed by atoms with Crippen molar-refractivity contribution in [1.29, 1.82) is 0 Å². The Hall–Kier alpha value is -4.56. The van der Waals surface area contributed by atoms with E-state index in [0.29, 0.717) is 0 Å². The van der Waals surface area contributed by atoms with Crippen LogP contribution in [0.4, 0.5) is 11.4 Å². The molecule has 0 aliphatic heterocycles. The van der Waals surface area contributed by atoms with Gasteiger partial charge in [-0.25, -0.2) is 19.2 Å². The van der Waals surface area contributed by atoms with Crippen LogP contribution in [0.2, 0.25) is 0 Å². The second kappa shape index (κ2) is 12.1. The van der Waals surface area contributed by atoms with E-state index >= 15 is 0 Å². The summed E-state index contributed by atoms with van der Waals surface area (Å²) in [5.74, 6) is -4.31. The molecule has 0 saturated carbocycles. The largest absolute Gasteiger partial charge is 0.478 e. The zero-order chi connectivity index (χ0) is 26.1. The molecule has 0 amide bonds. The van der Waals surface area contributed by atoms with Gasteiger partial charge in [0.05, 0.1) is 22.5 Å². The number of rotatable bonds is 12. The Kier molecular flexibility index (Phi) is 9.19. The maximum absolute atomic E-state index is 12.9. The van der Waals surface area contributed by atoms with Crippen LogP contribution in [-0.4, -0.2) is 59.1 Å². The Labute approximate surface area is 198 Å². The molecule has 180 valence electrons. The molecule has 0 spiro atoms. The number of carboxylic acid groups (broad SMARTS) is 2. The van der Waals surface area contributed by atoms with Crippen LogP contribution < -0.4 is 0 Å². The van der Waals surface area contributed by atoms with E-state index in [4.69, 9.17) is 4.74 Å². The minimum Gasteiger partial charge on any atom is -0.478 e. The van der Waals surface area contributed by atoms with Crippen molar-refractivity contribution < 1.29 is 43.7 Å². The van der Waals surface area contributed by atoms with Crippen molar-refractivity contribution in [2.45, 2.75) is 26.7 Å². The predicted molar refractivity (Wildman–Crippen MR) is 121 cm³/mol. The Morgan fingerprint density at radius 2 is 1.11 bits per heavy atom. The topological polar surface area (TPSA) is 177 Å². The lowest BCUT2D eigenvalue weighted by Crippen LogP contribution is -2.21. The lowest BCUT2D eigenvalue weighted by atomic mass is 9.94. The van der Waals surface area contributed by atoms with Crippen molar-refractivity contribution >= 4 is 47.0 Å². The van der Waals surface area contributed by atoms with E-state index in [1.165, 1.54) is 24.3 Å². The molecule has 0 bridgehead atoms. The number of aromatic carboxylic acids is 2. The average molecular weight is 480 g/mol. The van der Waals surface area contributed by atoms with Crippen molar-refractivity contribution in [3.63, 3.8) is 0 Å². The Balaban J connectivity index is 2.37. The number of carboxylic acids is 2. The first-order valence-corrected chi connectivity index (χ1v) is 10.3. The standard InChI is InChI=1S/C24H20N2O9/c1-3-13-17(25-11-27)7-5-15(23(31)32)21(13)19(29)9-35-10-20(30)22-14(4-2)18(26-12-28)8-6-16(22)24(33)34/h5-8H,3-4,9-10H2,1-2H3,(H,31,32)(H,33,34). The third-order valence-electron chi connectivity index (χ3n) is 5.10. The highest BCUT2D eigenvalue weighted by atomic mass is 16.5. The number of aliphatic imine (C=N–C) groups is 2. The van der Waals surface area contributed by atoms with E-state index in [0.717, 1.165) is 12.1 Å². The van der Waals surface area contributed by atoms with Gasteiger partial charge in [-0.05, 0) is 48.2 Å². The van der Waals surface area contributed by atoms with Gasteiger partial charge in [-0.3, -0.25) is 9.59 Å². The second-order valence-corrected chi connectivity index (χ2v) is 7.03. The van der Waals surface area contributed by atoms with Crippen molar-refractivity contribution in [3.8, 4) is 0 Å². The number of Topliss-reactive ketones (excluding diaryl/α,β-unsaturated/α-hetero) is 2. The smallest absolute Gasteiger partial charge is 0.336 e. The normalized spacial score (nSPS) is 10.1. The molecule has 0 radical (unpaired) electrons. The van der Waals surface area contributed by atoms with E-state index in [1.54, 1.807) is 13.8 Å². The third-order valence-corrected chi connectivity index (χ3v) is 5.10. The van der Waals surface area contributed by atoms with Crippen LogP contribution in [0.5, 0.6) is 0 Å². The van der Waals surface area contributed by atoms with Gasteiger partial charge in [-0.1, -0.05) is 13.8 Å². The van der Waals surface area contributed by atoms with Gasteiger partial charge in [0.15, 0.2) is 11.6 Å². The molecule has 2 rings (SSSR count). The Bertz CT molecular complexity index is 1200. The van der Waals surface area contributed by atoms with Crippen LogP contribution in [0.1, 0.15) is 66.4 Å². The maximum atomic E-state index is 12.9. The van der Waals surface area contributed by atoms with E-state index in [9.17, 15) is 39.0 Å². The number of benzene rings is 2. The quantitative estimate of drug-likeness (QED) is 0.262. The summed E-state index contributed by atoms with van der Waals surface area (Å²) < 4.78 is 5.23. The van der Waals surface area contributed by atoms with Crippen LogP contribution in [0.3, 0.4) is 0 Å². The highest BCUT2D eigenvalue weighted by Crippen LogP contribution is 2.29. The summed E-state index contributed by atoms with van der Waals surface area (Å²) in [5, 5.41) is 19.0. The predicted octanol–water partition coefficient (Wildman–Crippen LogP) is 3.22. The number of ether oxygens (including phenoxy) is 1. The number of nitrogens with zero attached hydrogens (tertiary/aromatic N) is 2. The van der Waals surface area contributed by atoms with Crippen molar-refractivity contribution in [2.24, 2.45) is 9.98 Å². The second-order valence-electron chi connectivity index (χ2n) is 7.03. The number of ketones is 2. The number of carbonyl (C=O) groups is 4. The summed E-state index contributed by atoms with van der Waals surface area (Å²) in [4.78, 5) is 77.4. The van der Waals surface area contributed by atoms with Crippen LogP contribution in [0.25, 0.3) is 0 Å². The van der Waals surface area contributed by atoms with E-state index in [2.05, 4.69) is 9.98 Å². The molecule has 0 aliphatic rings. The first kappa shape index (κ1) is 26.7. The number of isocyanates is 2. The molecular formula is C24H20N2O9. The van der Waals surface area contributed by atoms with E-state index in [-0.39, 0.29) is 57.6 Å². The molecule has 0 aliphatic carbocycles. The van der Waals surface area contributed by atoms with Crippen LogP contribution in [0.15, 0.2) is 34.3 Å². The fourth-order valence-corrected chi connectivity index (χ4v) is 3.67. The van der Waals surface area contributed by atoms with Gasteiger partial charge in [0.25, 0.3) is 0 Å². The molecule has 11 heteroatoms. The van der Waals surface area contributed by atoms with Crippen LogP contribution in [-0.2, 0) is 27.2 Å². The summed E-state index contributed by atoms with van der Waals surface area (Å²) in [6, 6.07) is 4.81. The lowest BCUT2D eigenvalue weighted by molar-refractivity contribution is 0.0638. The highest BCUT2D eigenvalue weighted by molar-refractivity contribution is 6.10. The SMILES string of the molecule is CCc1c(N=C=O)ccc(C(=O)O)c1C(=O)COCC(=O)c1c(C(=O)O)ccc(N=C=O)c1CC. The summed E-state index contributed by atoms with van der Waals surface area (Å²) in [7, 11) is 0. The summed E-state index contributed by atoms with van der Waals surface area (Å²) in [5.41, 5.74) is -0.516. The fourth-order valence-electron chi connectivity index (χ4n) is 3.67. The van der Waals surface area contributed by atoms with Crippen molar-refractivity contribution in [1.82, 2.24) is 0 Å². The van der Waals surface area contributed by atoms with Crippen molar-refractivity contribution in [3.05, 3.63) is 57.6 Å². The molecule has 2 aromatic rings. The van der Waals surface area contributed by atoms with Gasteiger partial charge in [0.1, 0.15) is 13.2 Å². The molecule has 35 heavy (non-hydrogen) atoms. The molecule has 0 heterocycles. The molecule has 0 unspecified atom stereocenters. The van der Waals surface area contributed by atoms with E-state index in [1.807, 2.05) is 0 Å². The summed E-state index contributed by atoms with van der Waals surface area (Å²) in [6.45, 7) is 1.87. The molecule has 0 aromatic heterocycles. The zero-order valence-corrected chi connectivity index (χ0v) is 18.8. The molecule has 0 saturated heterocycles. The number of carbonyl (C=O) groups excluding carboxylic acids is 4. The highest BCUT2D eigenvalue weighted by Gasteiger charge is 2.25.